The SMILES string of the molecule is [CH2-]Cl.[CH3-].[Cl-].[Cl-].[SiH4].[Zr+4]. The minimum atomic E-state index is 0. The molecule has 0 aromatic rings. The van der Waals surface area contributed by atoms with Crippen molar-refractivity contribution in [2.45, 2.75) is 0 Å². The molecule has 0 aliphatic heterocycles. The van der Waals surface area contributed by atoms with Gasteiger partial charge < -0.3 is 43.8 Å². The molecule has 7 heavy (non-hydrogen) atoms. The van der Waals surface area contributed by atoms with Crippen molar-refractivity contribution in [2.24, 2.45) is 0 Å². The van der Waals surface area contributed by atoms with Crippen molar-refractivity contribution in [3.63, 3.8) is 0 Å². The molecule has 0 nitrogen and oxygen atoms in total. The maximum absolute atomic E-state index is 4.39. The summed E-state index contributed by atoms with van der Waals surface area (Å²) in [5, 5.41) is 0. The molecule has 0 aromatic heterocycles. The summed E-state index contributed by atoms with van der Waals surface area (Å²) >= 11 is 4.39. The van der Waals surface area contributed by atoms with Gasteiger partial charge >= 0.3 is 26.2 Å². The molecule has 5 heteroatoms. The summed E-state index contributed by atoms with van der Waals surface area (Å²) in [6.45, 7) is 0. The smallest absolute Gasteiger partial charge is 1.00 e. The third kappa shape index (κ3) is 73.2. The van der Waals surface area contributed by atoms with Crippen LogP contribution in [0.2, 0.25) is 0 Å². The van der Waals surface area contributed by atoms with E-state index in [1.165, 1.54) is 0 Å². The standard InChI is InChI=1S/CH2Cl.CH3.2ClH.H4Si.Zr/c1-2;;;;;/h1H2;1H3;2*1H;1H4;/q2*-1;;;;+4/p-2. The molecule has 0 saturated heterocycles. The third-order valence-corrected chi connectivity index (χ3v) is 0. The second kappa shape index (κ2) is 99.8. The number of halogens is 3. The van der Waals surface area contributed by atoms with E-state index in [-0.39, 0.29) is 69.4 Å². The summed E-state index contributed by atoms with van der Waals surface area (Å²) in [4.78, 5) is 0. The Morgan fingerprint density at radius 1 is 1.00 bits per heavy atom. The van der Waals surface area contributed by atoms with E-state index in [2.05, 4.69) is 18.0 Å². The fraction of sp³-hybridized carbons (Fsp3) is 0. The molecule has 0 heterocycles. The molecule has 0 aliphatic rings. The van der Waals surface area contributed by atoms with Gasteiger partial charge in [0.05, 0.1) is 0 Å². The molecule has 0 atom stereocenters. The predicted molar refractivity (Wildman–Crippen MR) is 29.0 cm³/mol. The Balaban J connectivity index is -0.000000000500. The van der Waals surface area contributed by atoms with Gasteiger partial charge in [0.2, 0.25) is 0 Å². The maximum atomic E-state index is 4.39. The zero-order chi connectivity index (χ0) is 2.00. The summed E-state index contributed by atoms with van der Waals surface area (Å²) in [6, 6.07) is 0. The maximum Gasteiger partial charge on any atom is 4.00 e. The molecule has 0 unspecified atom stereocenters. The first-order chi connectivity index (χ1) is 1.00. The van der Waals surface area contributed by atoms with Crippen molar-refractivity contribution in [3.8, 4) is 0 Å². The average Bonchev–Trinajstić information content (AvgIpc) is 1.00. The van der Waals surface area contributed by atoms with Gasteiger partial charge in [-0.1, -0.05) is 0 Å². The average molecular weight is 259 g/mol. The van der Waals surface area contributed by atoms with Crippen molar-refractivity contribution in [2.75, 3.05) is 0 Å². The Morgan fingerprint density at radius 2 is 1.00 bits per heavy atom. The van der Waals surface area contributed by atoms with Gasteiger partial charge in [-0.15, -0.1) is 0 Å². The van der Waals surface area contributed by atoms with E-state index in [0.29, 0.717) is 0 Å². The van der Waals surface area contributed by atoms with Crippen LogP contribution in [0.3, 0.4) is 0 Å². The second-order valence-corrected chi connectivity index (χ2v) is 0. The molecule has 0 fully saturated rings. The Labute approximate surface area is 86.7 Å². The molecule has 0 rings (SSSR count). The Morgan fingerprint density at radius 3 is 1.00 bits per heavy atom. The normalized spacial score (nSPS) is 0.857. The van der Waals surface area contributed by atoms with E-state index < -0.39 is 0 Å². The van der Waals surface area contributed by atoms with Crippen molar-refractivity contribution in [1.29, 1.82) is 0 Å². The van der Waals surface area contributed by atoms with Gasteiger partial charge in [0.25, 0.3) is 0 Å². The third-order valence-electron chi connectivity index (χ3n) is 0. The minimum absolute atomic E-state index is 0. The fourth-order valence-electron chi connectivity index (χ4n) is 0. The van der Waals surface area contributed by atoms with Gasteiger partial charge in [-0.2, -0.15) is 0 Å². The second-order valence-electron chi connectivity index (χ2n) is 0. The molecule has 0 saturated carbocycles. The Hall–Kier alpha value is 1.97. The van der Waals surface area contributed by atoms with E-state index in [4.69, 9.17) is 0 Å². The first-order valence-corrected chi connectivity index (χ1v) is 0.802. The number of hydrogen-bond donors (Lipinski definition) is 0. The van der Waals surface area contributed by atoms with Crippen LogP contribution in [0, 0.1) is 13.8 Å². The van der Waals surface area contributed by atoms with Gasteiger partial charge in [-0.3, -0.25) is 6.38 Å². The van der Waals surface area contributed by atoms with Crippen molar-refractivity contribution >= 4 is 22.6 Å². The van der Waals surface area contributed by atoms with E-state index in [1.54, 1.807) is 0 Å². The Bertz CT molecular complexity index is 12.9. The molecular weight excluding hydrogens is 250 g/mol. The van der Waals surface area contributed by atoms with Crippen LogP contribution in [-0.4, -0.2) is 11.0 Å². The van der Waals surface area contributed by atoms with Crippen molar-refractivity contribution in [1.82, 2.24) is 0 Å². The van der Waals surface area contributed by atoms with E-state index in [0.717, 1.165) is 0 Å². The summed E-state index contributed by atoms with van der Waals surface area (Å²) in [5.41, 5.74) is 0. The van der Waals surface area contributed by atoms with E-state index in [1.807, 2.05) is 0 Å². The van der Waals surface area contributed by atoms with Crippen LogP contribution in [0.4, 0.5) is 0 Å². The zero-order valence-electron chi connectivity index (χ0n) is 3.34. The number of rotatable bonds is 0. The summed E-state index contributed by atoms with van der Waals surface area (Å²) < 4.78 is 0. The van der Waals surface area contributed by atoms with Crippen LogP contribution in [0.1, 0.15) is 0 Å². The monoisotopic (exact) mass is 256 g/mol. The quantitative estimate of drug-likeness (QED) is 0.300. The topological polar surface area (TPSA) is 0 Å². The molecule has 0 radical (unpaired) electrons. The van der Waals surface area contributed by atoms with E-state index >= 15 is 0 Å². The van der Waals surface area contributed by atoms with Crippen molar-refractivity contribution < 1.29 is 51.0 Å². The first kappa shape index (κ1) is 64.6. The molecule has 0 aliphatic carbocycles. The Kier molecular flexibility index (Phi) is 921. The van der Waals surface area contributed by atoms with Crippen LogP contribution < -0.4 is 24.8 Å². The number of hydrogen-bond acceptors (Lipinski definition) is 0. The molecule has 0 amide bonds. The summed E-state index contributed by atoms with van der Waals surface area (Å²) in [6.07, 6.45) is 2.72. The first-order valence-electron chi connectivity index (χ1n) is 0.267. The van der Waals surface area contributed by atoms with Crippen LogP contribution >= 0.6 is 11.6 Å². The van der Waals surface area contributed by atoms with Crippen LogP contribution in [0.25, 0.3) is 0 Å². The zero-order valence-corrected chi connectivity index (χ0v) is 8.07. The largest absolute Gasteiger partial charge is 4.00 e. The van der Waals surface area contributed by atoms with Crippen LogP contribution in [0.15, 0.2) is 0 Å². The van der Waals surface area contributed by atoms with Gasteiger partial charge in [-0.05, 0) is 11.0 Å². The predicted octanol–water partition coefficient (Wildman–Crippen LogP) is -5.98. The summed E-state index contributed by atoms with van der Waals surface area (Å²) in [7, 11) is 0. The van der Waals surface area contributed by atoms with Gasteiger partial charge in [0, 0.05) is 0 Å². The van der Waals surface area contributed by atoms with Crippen molar-refractivity contribution in [3.05, 3.63) is 13.8 Å². The molecule has 0 aromatic carbocycles. The van der Waals surface area contributed by atoms with Crippen LogP contribution in [0.5, 0.6) is 0 Å². The summed E-state index contributed by atoms with van der Waals surface area (Å²) in [5.74, 6) is 0. The van der Waals surface area contributed by atoms with Gasteiger partial charge in [0.1, 0.15) is 0 Å². The molecule has 0 bridgehead atoms. The molecular formula is C2H9Cl3SiZr. The van der Waals surface area contributed by atoms with Crippen LogP contribution in [-0.2, 0) is 26.2 Å². The van der Waals surface area contributed by atoms with Gasteiger partial charge in [-0.25, -0.2) is 0 Å². The molecule has 0 N–H and O–H groups in total. The van der Waals surface area contributed by atoms with E-state index in [9.17, 15) is 0 Å². The fourth-order valence-corrected chi connectivity index (χ4v) is 0. The van der Waals surface area contributed by atoms with Gasteiger partial charge in [0.15, 0.2) is 0 Å². The minimum Gasteiger partial charge on any atom is -1.00 e. The molecule has 46 valence electrons. The molecule has 0 spiro atoms.